The van der Waals surface area contributed by atoms with E-state index in [0.29, 0.717) is 5.56 Å². The van der Waals surface area contributed by atoms with Gasteiger partial charge in [-0.25, -0.2) is 4.39 Å². The summed E-state index contributed by atoms with van der Waals surface area (Å²) in [5, 5.41) is 3.04. The number of carbonyl (C=O) groups is 1. The Kier molecular flexibility index (Phi) is 3.80. The van der Waals surface area contributed by atoms with Crippen molar-refractivity contribution in [3.05, 3.63) is 65.5 Å². The van der Waals surface area contributed by atoms with Crippen LogP contribution < -0.4 is 11.1 Å². The lowest BCUT2D eigenvalue weighted by molar-refractivity contribution is -0.118. The first kappa shape index (κ1) is 13.1. The van der Waals surface area contributed by atoms with Gasteiger partial charge in [0, 0.05) is 5.69 Å². The smallest absolute Gasteiger partial charge is 0.244 e. The fourth-order valence-electron chi connectivity index (χ4n) is 1.79. The summed E-state index contributed by atoms with van der Waals surface area (Å²) >= 11 is 0. The first-order chi connectivity index (χ1) is 9.06. The number of carbonyl (C=O) groups excluding carboxylic acids is 1. The minimum atomic E-state index is -0.677. The van der Waals surface area contributed by atoms with E-state index in [1.165, 1.54) is 12.1 Å². The van der Waals surface area contributed by atoms with E-state index in [1.54, 1.807) is 12.1 Å². The summed E-state index contributed by atoms with van der Waals surface area (Å²) in [6.45, 7) is 1.98. The lowest BCUT2D eigenvalue weighted by Crippen LogP contribution is -2.27. The predicted octanol–water partition coefficient (Wildman–Crippen LogP) is 2.77. The topological polar surface area (TPSA) is 55.1 Å². The van der Waals surface area contributed by atoms with E-state index in [-0.39, 0.29) is 5.82 Å². The summed E-state index contributed by atoms with van der Waals surface area (Å²) < 4.78 is 12.9. The minimum absolute atomic E-state index is 0.345. The molecule has 0 unspecified atom stereocenters. The first-order valence-electron chi connectivity index (χ1n) is 5.94. The highest BCUT2D eigenvalue weighted by atomic mass is 19.1. The quantitative estimate of drug-likeness (QED) is 0.886. The number of rotatable bonds is 4. The zero-order valence-corrected chi connectivity index (χ0v) is 10.6. The van der Waals surface area contributed by atoms with E-state index in [2.05, 4.69) is 5.32 Å². The van der Waals surface area contributed by atoms with Crippen LogP contribution in [0.5, 0.6) is 0 Å². The largest absolute Gasteiger partial charge is 0.370 e. The number of halogens is 1. The van der Waals surface area contributed by atoms with Gasteiger partial charge in [-0.15, -0.1) is 0 Å². The summed E-state index contributed by atoms with van der Waals surface area (Å²) in [5.74, 6) is -0.852. The Morgan fingerprint density at radius 3 is 2.21 bits per heavy atom. The molecule has 1 amide bonds. The van der Waals surface area contributed by atoms with Crippen LogP contribution in [-0.4, -0.2) is 5.91 Å². The van der Waals surface area contributed by atoms with Crippen LogP contribution in [0.25, 0.3) is 0 Å². The van der Waals surface area contributed by atoms with Gasteiger partial charge in [0.1, 0.15) is 11.9 Å². The molecule has 0 saturated carbocycles. The minimum Gasteiger partial charge on any atom is -0.370 e. The second-order valence-electron chi connectivity index (χ2n) is 4.40. The lowest BCUT2D eigenvalue weighted by atomic mass is 10.1. The van der Waals surface area contributed by atoms with Gasteiger partial charge in [0.05, 0.1) is 0 Å². The molecule has 0 heterocycles. The summed E-state index contributed by atoms with van der Waals surface area (Å²) in [7, 11) is 0. The molecule has 98 valence electrons. The molecule has 0 aliphatic heterocycles. The Morgan fingerprint density at radius 1 is 1.11 bits per heavy atom. The molecule has 4 heteroatoms. The van der Waals surface area contributed by atoms with Crippen LogP contribution in [0.4, 0.5) is 10.1 Å². The number of hydrogen-bond acceptors (Lipinski definition) is 2. The highest BCUT2D eigenvalue weighted by Crippen LogP contribution is 2.20. The Hall–Kier alpha value is -2.36. The van der Waals surface area contributed by atoms with Gasteiger partial charge in [-0.1, -0.05) is 29.8 Å². The van der Waals surface area contributed by atoms with Gasteiger partial charge in [0.25, 0.3) is 0 Å². The molecular weight excluding hydrogens is 243 g/mol. The Bertz CT molecular complexity index is 564. The van der Waals surface area contributed by atoms with Crippen molar-refractivity contribution in [2.45, 2.75) is 13.0 Å². The maximum absolute atomic E-state index is 12.9. The number of anilines is 1. The number of aryl methyl sites for hydroxylation is 1. The Labute approximate surface area is 111 Å². The molecule has 0 bridgehead atoms. The summed E-state index contributed by atoms with van der Waals surface area (Å²) in [6.07, 6.45) is 0. The van der Waals surface area contributed by atoms with Gasteiger partial charge >= 0.3 is 0 Å². The molecule has 0 aliphatic rings. The molecule has 2 aromatic carbocycles. The zero-order chi connectivity index (χ0) is 13.8. The van der Waals surface area contributed by atoms with Crippen LogP contribution in [0.1, 0.15) is 17.2 Å². The molecule has 2 rings (SSSR count). The molecule has 3 N–H and O–H groups in total. The van der Waals surface area contributed by atoms with Crippen LogP contribution in [0, 0.1) is 12.7 Å². The molecule has 0 aliphatic carbocycles. The van der Waals surface area contributed by atoms with Gasteiger partial charge in [-0.3, -0.25) is 4.79 Å². The van der Waals surface area contributed by atoms with Crippen LogP contribution in [-0.2, 0) is 4.79 Å². The van der Waals surface area contributed by atoms with E-state index in [9.17, 15) is 9.18 Å². The Morgan fingerprint density at radius 2 is 1.68 bits per heavy atom. The molecule has 19 heavy (non-hydrogen) atoms. The van der Waals surface area contributed by atoms with Crippen molar-refractivity contribution in [3.8, 4) is 0 Å². The van der Waals surface area contributed by atoms with E-state index >= 15 is 0 Å². The van der Waals surface area contributed by atoms with Crippen LogP contribution >= 0.6 is 0 Å². The monoisotopic (exact) mass is 258 g/mol. The molecule has 0 fully saturated rings. The highest BCUT2D eigenvalue weighted by Gasteiger charge is 2.17. The fourth-order valence-corrected chi connectivity index (χ4v) is 1.79. The molecule has 0 aromatic heterocycles. The second-order valence-corrected chi connectivity index (χ2v) is 4.40. The lowest BCUT2D eigenvalue weighted by Gasteiger charge is -2.17. The number of amides is 1. The number of primary amides is 1. The normalized spacial score (nSPS) is 11.9. The van der Waals surface area contributed by atoms with Gasteiger partial charge < -0.3 is 11.1 Å². The SMILES string of the molecule is Cc1ccc(N[C@@H](C(N)=O)c2ccc(F)cc2)cc1. The van der Waals surface area contributed by atoms with Crippen molar-refractivity contribution in [3.63, 3.8) is 0 Å². The predicted molar refractivity (Wildman–Crippen MR) is 73.1 cm³/mol. The summed E-state index contributed by atoms with van der Waals surface area (Å²) in [5.41, 5.74) is 7.94. The maximum atomic E-state index is 12.9. The maximum Gasteiger partial charge on any atom is 0.244 e. The average Bonchev–Trinajstić information content (AvgIpc) is 2.39. The average molecular weight is 258 g/mol. The van der Waals surface area contributed by atoms with Crippen molar-refractivity contribution < 1.29 is 9.18 Å². The van der Waals surface area contributed by atoms with Crippen molar-refractivity contribution >= 4 is 11.6 Å². The second kappa shape index (κ2) is 5.52. The molecule has 2 aromatic rings. The van der Waals surface area contributed by atoms with Gasteiger partial charge in [0.2, 0.25) is 5.91 Å². The first-order valence-corrected chi connectivity index (χ1v) is 5.94. The molecule has 0 spiro atoms. The van der Waals surface area contributed by atoms with Crippen molar-refractivity contribution in [1.29, 1.82) is 0 Å². The third-order valence-electron chi connectivity index (χ3n) is 2.85. The van der Waals surface area contributed by atoms with Gasteiger partial charge in [-0.05, 0) is 36.8 Å². The third-order valence-corrected chi connectivity index (χ3v) is 2.85. The molecule has 3 nitrogen and oxygen atoms in total. The van der Waals surface area contributed by atoms with Crippen molar-refractivity contribution in [1.82, 2.24) is 0 Å². The molecular formula is C15H15FN2O. The van der Waals surface area contributed by atoms with E-state index in [1.807, 2.05) is 31.2 Å². The van der Waals surface area contributed by atoms with E-state index < -0.39 is 11.9 Å². The fraction of sp³-hybridized carbons (Fsp3) is 0.133. The summed E-state index contributed by atoms with van der Waals surface area (Å²) in [4.78, 5) is 11.5. The highest BCUT2D eigenvalue weighted by molar-refractivity contribution is 5.84. The van der Waals surface area contributed by atoms with Gasteiger partial charge in [-0.2, -0.15) is 0 Å². The van der Waals surface area contributed by atoms with Crippen LogP contribution in [0.3, 0.4) is 0 Å². The van der Waals surface area contributed by atoms with Crippen molar-refractivity contribution in [2.75, 3.05) is 5.32 Å². The van der Waals surface area contributed by atoms with Crippen molar-refractivity contribution in [2.24, 2.45) is 5.73 Å². The number of benzene rings is 2. The molecule has 0 saturated heterocycles. The zero-order valence-electron chi connectivity index (χ0n) is 10.6. The molecule has 0 radical (unpaired) electrons. The number of nitrogens with two attached hydrogens (primary N) is 1. The number of hydrogen-bond donors (Lipinski definition) is 2. The molecule has 1 atom stereocenters. The van der Waals surface area contributed by atoms with Crippen LogP contribution in [0.2, 0.25) is 0 Å². The third kappa shape index (κ3) is 3.31. The standard InChI is InChI=1S/C15H15FN2O/c1-10-2-8-13(9-3-10)18-14(15(17)19)11-4-6-12(16)7-5-11/h2-9,14,18H,1H3,(H2,17,19)/t14-/m1/s1. The van der Waals surface area contributed by atoms with Crippen LogP contribution in [0.15, 0.2) is 48.5 Å². The summed E-state index contributed by atoms with van der Waals surface area (Å²) in [6, 6.07) is 12.6. The van der Waals surface area contributed by atoms with Gasteiger partial charge in [0.15, 0.2) is 0 Å². The van der Waals surface area contributed by atoms with E-state index in [4.69, 9.17) is 5.73 Å². The number of nitrogens with one attached hydrogen (secondary N) is 1. The Balaban J connectivity index is 2.23. The van der Waals surface area contributed by atoms with E-state index in [0.717, 1.165) is 11.3 Å².